The molecule has 0 spiro atoms. The first-order chi connectivity index (χ1) is 8.19. The molecule has 4 heteroatoms. The molecule has 2 rings (SSSR count). The second kappa shape index (κ2) is 5.56. The van der Waals surface area contributed by atoms with Crippen LogP contribution >= 0.6 is 0 Å². The molecule has 1 N–H and O–H groups in total. The van der Waals surface area contributed by atoms with Gasteiger partial charge in [-0.25, -0.2) is 8.78 Å². The number of nitrogens with one attached hydrogen (secondary N) is 1. The predicted molar refractivity (Wildman–Crippen MR) is 63.7 cm³/mol. The standard InChI is InChI=1S/C13H18F2N2/c1-16-7-10-4-5-17(8-10)9-11-2-3-12(14)6-13(11)15/h2-3,6,10,16H,4-5,7-9H2,1H3. The van der Waals surface area contributed by atoms with Crippen molar-refractivity contribution in [3.05, 3.63) is 35.4 Å². The lowest BCUT2D eigenvalue weighted by atomic mass is 10.1. The average molecular weight is 240 g/mol. The molecule has 0 saturated carbocycles. The number of nitrogens with zero attached hydrogens (tertiary/aromatic N) is 1. The molecule has 1 aliphatic rings. The van der Waals surface area contributed by atoms with Gasteiger partial charge in [0.1, 0.15) is 11.6 Å². The second-order valence-electron chi connectivity index (χ2n) is 4.68. The molecule has 0 aliphatic carbocycles. The first kappa shape index (κ1) is 12.5. The van der Waals surface area contributed by atoms with E-state index < -0.39 is 11.6 Å². The van der Waals surface area contributed by atoms with Crippen LogP contribution in [0, 0.1) is 17.6 Å². The normalized spacial score (nSPS) is 21.0. The molecule has 0 aromatic heterocycles. The number of benzene rings is 1. The smallest absolute Gasteiger partial charge is 0.130 e. The lowest BCUT2D eigenvalue weighted by Crippen LogP contribution is -2.24. The van der Waals surface area contributed by atoms with Gasteiger partial charge in [-0.05, 0) is 38.5 Å². The number of rotatable bonds is 4. The van der Waals surface area contributed by atoms with Crippen molar-refractivity contribution < 1.29 is 8.78 Å². The topological polar surface area (TPSA) is 15.3 Å². The monoisotopic (exact) mass is 240 g/mol. The zero-order valence-electron chi connectivity index (χ0n) is 10.0. The van der Waals surface area contributed by atoms with Crippen molar-refractivity contribution in [2.24, 2.45) is 5.92 Å². The van der Waals surface area contributed by atoms with Crippen LogP contribution in [0.2, 0.25) is 0 Å². The van der Waals surface area contributed by atoms with E-state index in [4.69, 9.17) is 0 Å². The van der Waals surface area contributed by atoms with Crippen LogP contribution in [0.5, 0.6) is 0 Å². The first-order valence-corrected chi connectivity index (χ1v) is 6.00. The van der Waals surface area contributed by atoms with Gasteiger partial charge in [0.2, 0.25) is 0 Å². The van der Waals surface area contributed by atoms with E-state index in [1.807, 2.05) is 7.05 Å². The van der Waals surface area contributed by atoms with Crippen LogP contribution in [-0.4, -0.2) is 31.6 Å². The third-order valence-electron chi connectivity index (χ3n) is 3.27. The van der Waals surface area contributed by atoms with E-state index in [1.54, 1.807) is 0 Å². The van der Waals surface area contributed by atoms with Gasteiger partial charge in [0.25, 0.3) is 0 Å². The van der Waals surface area contributed by atoms with E-state index >= 15 is 0 Å². The van der Waals surface area contributed by atoms with E-state index in [9.17, 15) is 8.78 Å². The van der Waals surface area contributed by atoms with Crippen molar-refractivity contribution in [1.82, 2.24) is 10.2 Å². The maximum Gasteiger partial charge on any atom is 0.130 e. The Kier molecular flexibility index (Phi) is 4.07. The molecule has 1 fully saturated rings. The zero-order valence-corrected chi connectivity index (χ0v) is 10.0. The van der Waals surface area contributed by atoms with Gasteiger partial charge < -0.3 is 5.32 Å². The van der Waals surface area contributed by atoms with Gasteiger partial charge in [-0.3, -0.25) is 4.90 Å². The van der Waals surface area contributed by atoms with Crippen LogP contribution in [-0.2, 0) is 6.54 Å². The van der Waals surface area contributed by atoms with Gasteiger partial charge in [0.05, 0.1) is 0 Å². The average Bonchev–Trinajstić information content (AvgIpc) is 2.71. The summed E-state index contributed by atoms with van der Waals surface area (Å²) in [5.41, 5.74) is 0.580. The second-order valence-corrected chi connectivity index (χ2v) is 4.68. The third-order valence-corrected chi connectivity index (χ3v) is 3.27. The molecule has 1 aliphatic heterocycles. The summed E-state index contributed by atoms with van der Waals surface area (Å²) < 4.78 is 26.2. The molecular weight excluding hydrogens is 222 g/mol. The van der Waals surface area contributed by atoms with E-state index in [0.717, 1.165) is 32.1 Å². The minimum absolute atomic E-state index is 0.443. The summed E-state index contributed by atoms with van der Waals surface area (Å²) in [6, 6.07) is 3.81. The maximum absolute atomic E-state index is 13.5. The third kappa shape index (κ3) is 3.23. The van der Waals surface area contributed by atoms with Gasteiger partial charge in [-0.1, -0.05) is 6.07 Å². The Labute approximate surface area is 101 Å². The number of likely N-dealkylation sites (tertiary alicyclic amines) is 1. The Morgan fingerprint density at radius 2 is 2.24 bits per heavy atom. The first-order valence-electron chi connectivity index (χ1n) is 6.00. The summed E-state index contributed by atoms with van der Waals surface area (Å²) in [6.45, 7) is 3.55. The predicted octanol–water partition coefficient (Wildman–Crippen LogP) is 2.01. The summed E-state index contributed by atoms with van der Waals surface area (Å²) in [6.07, 6.45) is 1.14. The number of hydrogen-bond acceptors (Lipinski definition) is 2. The fourth-order valence-electron chi connectivity index (χ4n) is 2.40. The van der Waals surface area contributed by atoms with Crippen LogP contribution in [0.3, 0.4) is 0 Å². The molecule has 17 heavy (non-hydrogen) atoms. The molecule has 1 aromatic carbocycles. The fraction of sp³-hybridized carbons (Fsp3) is 0.538. The molecular formula is C13H18F2N2. The molecule has 1 saturated heterocycles. The van der Waals surface area contributed by atoms with Gasteiger partial charge >= 0.3 is 0 Å². The molecule has 0 amide bonds. The fourth-order valence-corrected chi connectivity index (χ4v) is 2.40. The summed E-state index contributed by atoms with van der Waals surface area (Å²) >= 11 is 0. The van der Waals surface area contributed by atoms with E-state index in [1.165, 1.54) is 12.1 Å². The lowest BCUT2D eigenvalue weighted by molar-refractivity contribution is 0.310. The Morgan fingerprint density at radius 1 is 1.41 bits per heavy atom. The summed E-state index contributed by atoms with van der Waals surface area (Å²) in [4.78, 5) is 2.22. The summed E-state index contributed by atoms with van der Waals surface area (Å²) in [5, 5.41) is 3.16. The van der Waals surface area contributed by atoms with Crippen LogP contribution < -0.4 is 5.32 Å². The van der Waals surface area contributed by atoms with Crippen molar-refractivity contribution in [3.8, 4) is 0 Å². The molecule has 0 bridgehead atoms. The molecule has 1 aromatic rings. The van der Waals surface area contributed by atoms with Gasteiger partial charge in [0.15, 0.2) is 0 Å². The Bertz CT molecular complexity index is 382. The van der Waals surface area contributed by atoms with E-state index in [2.05, 4.69) is 10.2 Å². The van der Waals surface area contributed by atoms with Gasteiger partial charge in [-0.15, -0.1) is 0 Å². The van der Waals surface area contributed by atoms with Crippen molar-refractivity contribution in [1.29, 1.82) is 0 Å². The van der Waals surface area contributed by atoms with E-state index in [-0.39, 0.29) is 0 Å². The zero-order chi connectivity index (χ0) is 12.3. The van der Waals surface area contributed by atoms with Gasteiger partial charge in [0, 0.05) is 24.7 Å². The molecule has 1 unspecified atom stereocenters. The lowest BCUT2D eigenvalue weighted by Gasteiger charge is -2.16. The Hall–Kier alpha value is -1.00. The minimum atomic E-state index is -0.513. The van der Waals surface area contributed by atoms with Crippen molar-refractivity contribution in [2.75, 3.05) is 26.7 Å². The highest BCUT2D eigenvalue weighted by Crippen LogP contribution is 2.19. The van der Waals surface area contributed by atoms with Crippen LogP contribution in [0.15, 0.2) is 18.2 Å². The molecule has 2 nitrogen and oxygen atoms in total. The SMILES string of the molecule is CNCC1CCN(Cc2ccc(F)cc2F)C1. The molecule has 0 radical (unpaired) electrons. The Balaban J connectivity index is 1.93. The highest BCUT2D eigenvalue weighted by atomic mass is 19.1. The summed E-state index contributed by atoms with van der Waals surface area (Å²) in [7, 11) is 1.95. The van der Waals surface area contributed by atoms with Gasteiger partial charge in [-0.2, -0.15) is 0 Å². The quantitative estimate of drug-likeness (QED) is 0.866. The number of hydrogen-bond donors (Lipinski definition) is 1. The highest BCUT2D eigenvalue weighted by molar-refractivity contribution is 5.18. The van der Waals surface area contributed by atoms with Crippen LogP contribution in [0.1, 0.15) is 12.0 Å². The van der Waals surface area contributed by atoms with Crippen molar-refractivity contribution >= 4 is 0 Å². The number of halogens is 2. The van der Waals surface area contributed by atoms with Crippen molar-refractivity contribution in [2.45, 2.75) is 13.0 Å². The van der Waals surface area contributed by atoms with E-state index in [0.29, 0.717) is 18.0 Å². The maximum atomic E-state index is 13.5. The van der Waals surface area contributed by atoms with Crippen LogP contribution in [0.25, 0.3) is 0 Å². The molecule has 1 heterocycles. The van der Waals surface area contributed by atoms with Crippen molar-refractivity contribution in [3.63, 3.8) is 0 Å². The minimum Gasteiger partial charge on any atom is -0.319 e. The van der Waals surface area contributed by atoms with Crippen LogP contribution in [0.4, 0.5) is 8.78 Å². The molecule has 94 valence electrons. The largest absolute Gasteiger partial charge is 0.319 e. The highest BCUT2D eigenvalue weighted by Gasteiger charge is 2.22. The molecule has 1 atom stereocenters. The summed E-state index contributed by atoms with van der Waals surface area (Å²) in [5.74, 6) is -0.314. The Morgan fingerprint density at radius 3 is 2.94 bits per heavy atom.